The number of nitrogens with one attached hydrogen (secondary N) is 2. The molecule has 5 nitrogen and oxygen atoms in total. The van der Waals surface area contributed by atoms with Crippen molar-refractivity contribution in [2.45, 2.75) is 76.3 Å². The zero-order valence-corrected chi connectivity index (χ0v) is 17.5. The van der Waals surface area contributed by atoms with Gasteiger partial charge in [-0.2, -0.15) is 0 Å². The van der Waals surface area contributed by atoms with Gasteiger partial charge in [0.2, 0.25) is 0 Å². The Labute approximate surface area is 152 Å². The first-order chi connectivity index (χ1) is 11.3. The lowest BCUT2D eigenvalue weighted by Crippen LogP contribution is -2.46. The third-order valence-corrected chi connectivity index (χ3v) is 7.86. The second kappa shape index (κ2) is 10.5. The van der Waals surface area contributed by atoms with E-state index < -0.39 is 21.6 Å². The molecule has 1 aliphatic carbocycles. The van der Waals surface area contributed by atoms with Crippen LogP contribution in [0.25, 0.3) is 0 Å². The number of hydrogen-bond acceptors (Lipinski definition) is 3. The second-order valence-electron chi connectivity index (χ2n) is 7.22. The Morgan fingerprint density at radius 3 is 2.50 bits per heavy atom. The van der Waals surface area contributed by atoms with E-state index in [0.29, 0.717) is 23.6 Å². The summed E-state index contributed by atoms with van der Waals surface area (Å²) in [6.45, 7) is 11.4. The summed E-state index contributed by atoms with van der Waals surface area (Å²) < 4.78 is 24.0. The van der Waals surface area contributed by atoms with Gasteiger partial charge in [0.15, 0.2) is 5.96 Å². The van der Waals surface area contributed by atoms with E-state index in [2.05, 4.69) is 15.6 Å². The minimum absolute atomic E-state index is 0.192. The van der Waals surface area contributed by atoms with Crippen molar-refractivity contribution in [1.82, 2.24) is 10.6 Å². The Balaban J connectivity index is 2.57. The zero-order valence-electron chi connectivity index (χ0n) is 15.9. The molecule has 24 heavy (non-hydrogen) atoms. The maximum atomic E-state index is 12.1. The fourth-order valence-electron chi connectivity index (χ4n) is 2.81. The van der Waals surface area contributed by atoms with Crippen LogP contribution in [0.3, 0.4) is 0 Å². The van der Waals surface area contributed by atoms with Crippen molar-refractivity contribution in [2.75, 3.05) is 24.6 Å². The zero-order chi connectivity index (χ0) is 18.2. The smallest absolute Gasteiger partial charge is 0.191 e. The van der Waals surface area contributed by atoms with E-state index in [4.69, 9.17) is 0 Å². The van der Waals surface area contributed by atoms with Gasteiger partial charge in [-0.05, 0) is 47.0 Å². The SMILES string of the molecule is CCNC(=NCCS(=O)C(C)(C)C)NC1CCCC(S(=O)CC)C1. The van der Waals surface area contributed by atoms with E-state index in [0.717, 1.165) is 43.9 Å². The molecule has 4 atom stereocenters. The maximum Gasteiger partial charge on any atom is 0.191 e. The molecule has 0 aromatic rings. The van der Waals surface area contributed by atoms with Gasteiger partial charge in [0.1, 0.15) is 0 Å². The molecule has 0 radical (unpaired) electrons. The Morgan fingerprint density at radius 1 is 1.21 bits per heavy atom. The first kappa shape index (κ1) is 21.6. The molecule has 1 fully saturated rings. The van der Waals surface area contributed by atoms with Crippen molar-refractivity contribution in [3.63, 3.8) is 0 Å². The molecule has 0 saturated heterocycles. The van der Waals surface area contributed by atoms with E-state index in [-0.39, 0.29) is 4.75 Å². The van der Waals surface area contributed by atoms with Crippen molar-refractivity contribution in [3.8, 4) is 0 Å². The molecule has 4 unspecified atom stereocenters. The van der Waals surface area contributed by atoms with E-state index in [1.54, 1.807) is 0 Å². The highest BCUT2D eigenvalue weighted by molar-refractivity contribution is 7.86. The lowest BCUT2D eigenvalue weighted by Gasteiger charge is -2.30. The fourth-order valence-corrected chi connectivity index (χ4v) is 5.03. The minimum Gasteiger partial charge on any atom is -0.357 e. The van der Waals surface area contributed by atoms with Crippen molar-refractivity contribution >= 4 is 27.6 Å². The average Bonchev–Trinajstić information content (AvgIpc) is 2.53. The first-order valence-electron chi connectivity index (χ1n) is 9.08. The van der Waals surface area contributed by atoms with Gasteiger partial charge >= 0.3 is 0 Å². The van der Waals surface area contributed by atoms with Gasteiger partial charge in [-0.15, -0.1) is 0 Å². The highest BCUT2D eigenvalue weighted by Gasteiger charge is 2.26. The summed E-state index contributed by atoms with van der Waals surface area (Å²) in [7, 11) is -1.60. The largest absolute Gasteiger partial charge is 0.357 e. The lowest BCUT2D eigenvalue weighted by molar-refractivity contribution is 0.413. The molecule has 1 saturated carbocycles. The molecule has 1 aliphatic rings. The summed E-state index contributed by atoms with van der Waals surface area (Å²) in [6.07, 6.45) is 4.22. The molecular weight excluding hydrogens is 342 g/mol. The van der Waals surface area contributed by atoms with E-state index >= 15 is 0 Å². The van der Waals surface area contributed by atoms with Crippen LogP contribution in [0.1, 0.15) is 60.3 Å². The van der Waals surface area contributed by atoms with E-state index in [9.17, 15) is 8.42 Å². The summed E-state index contributed by atoms with van der Waals surface area (Å²) in [5.74, 6) is 2.11. The molecule has 7 heteroatoms. The molecule has 0 amide bonds. The molecule has 0 aromatic carbocycles. The van der Waals surface area contributed by atoms with Gasteiger partial charge in [0.25, 0.3) is 0 Å². The third kappa shape index (κ3) is 7.64. The third-order valence-electron chi connectivity index (χ3n) is 4.20. The van der Waals surface area contributed by atoms with Gasteiger partial charge in [0, 0.05) is 55.7 Å². The van der Waals surface area contributed by atoms with Crippen LogP contribution in [-0.4, -0.2) is 55.0 Å². The molecule has 0 aliphatic heterocycles. The minimum atomic E-state index is -0.880. The predicted octanol–water partition coefficient (Wildman–Crippen LogP) is 2.17. The maximum absolute atomic E-state index is 12.1. The number of rotatable bonds is 7. The molecular formula is C17H35N3O2S2. The Morgan fingerprint density at radius 2 is 1.92 bits per heavy atom. The molecule has 0 bridgehead atoms. The van der Waals surface area contributed by atoms with Crippen LogP contribution in [0.4, 0.5) is 0 Å². The number of guanidine groups is 1. The van der Waals surface area contributed by atoms with Crippen molar-refractivity contribution in [1.29, 1.82) is 0 Å². The van der Waals surface area contributed by atoms with Crippen LogP contribution < -0.4 is 10.6 Å². The topological polar surface area (TPSA) is 70.6 Å². The Hall–Kier alpha value is -0.430. The first-order valence-corrected chi connectivity index (χ1v) is 11.8. The van der Waals surface area contributed by atoms with Crippen LogP contribution in [0.2, 0.25) is 0 Å². The molecule has 2 N–H and O–H groups in total. The highest BCUT2D eigenvalue weighted by atomic mass is 32.2. The standard InChI is InChI=1S/C17H35N3O2S2/c1-6-18-16(19-11-12-24(22)17(3,4)5)20-14-9-8-10-15(13-14)23(21)7-2/h14-15H,6-13H2,1-5H3,(H2,18,19,20). The normalized spacial score (nSPS) is 25.1. The van der Waals surface area contributed by atoms with Crippen LogP contribution in [-0.2, 0) is 21.6 Å². The molecule has 0 heterocycles. The quantitative estimate of drug-likeness (QED) is 0.527. The van der Waals surface area contributed by atoms with Gasteiger partial charge < -0.3 is 10.6 Å². The van der Waals surface area contributed by atoms with Crippen LogP contribution in [0.5, 0.6) is 0 Å². The van der Waals surface area contributed by atoms with Crippen molar-refractivity contribution < 1.29 is 8.42 Å². The van der Waals surface area contributed by atoms with Crippen LogP contribution >= 0.6 is 0 Å². The summed E-state index contributed by atoms with van der Waals surface area (Å²) in [5.41, 5.74) is 0. The lowest BCUT2D eigenvalue weighted by atomic mass is 9.95. The second-order valence-corrected chi connectivity index (χ2v) is 11.6. The Kier molecular flexibility index (Phi) is 9.49. The van der Waals surface area contributed by atoms with Gasteiger partial charge in [-0.3, -0.25) is 13.4 Å². The molecule has 0 spiro atoms. The van der Waals surface area contributed by atoms with Crippen LogP contribution in [0.15, 0.2) is 4.99 Å². The van der Waals surface area contributed by atoms with E-state index in [1.807, 2.05) is 34.6 Å². The Bertz CT molecular complexity index is 461. The fraction of sp³-hybridized carbons (Fsp3) is 0.941. The highest BCUT2D eigenvalue weighted by Crippen LogP contribution is 2.23. The van der Waals surface area contributed by atoms with Crippen LogP contribution in [0, 0.1) is 0 Å². The van der Waals surface area contributed by atoms with Crippen molar-refractivity contribution in [3.05, 3.63) is 0 Å². The molecule has 1 rings (SSSR count). The van der Waals surface area contributed by atoms with Gasteiger partial charge in [-0.25, -0.2) is 0 Å². The number of aliphatic imine (C=N–C) groups is 1. The van der Waals surface area contributed by atoms with Crippen molar-refractivity contribution in [2.24, 2.45) is 4.99 Å². The molecule has 142 valence electrons. The monoisotopic (exact) mass is 377 g/mol. The predicted molar refractivity (Wildman–Crippen MR) is 107 cm³/mol. The summed E-state index contributed by atoms with van der Waals surface area (Å²) in [6, 6.07) is 0.324. The summed E-state index contributed by atoms with van der Waals surface area (Å²) >= 11 is 0. The average molecular weight is 378 g/mol. The molecule has 0 aromatic heterocycles. The van der Waals surface area contributed by atoms with E-state index in [1.165, 1.54) is 0 Å². The van der Waals surface area contributed by atoms with Gasteiger partial charge in [0.05, 0.1) is 6.54 Å². The summed E-state index contributed by atoms with van der Waals surface area (Å²) in [4.78, 5) is 4.58. The summed E-state index contributed by atoms with van der Waals surface area (Å²) in [5, 5.41) is 7.05. The van der Waals surface area contributed by atoms with Gasteiger partial charge in [-0.1, -0.05) is 13.3 Å². The number of hydrogen-bond donors (Lipinski definition) is 2. The number of nitrogens with zero attached hydrogens (tertiary/aromatic N) is 1.